The lowest BCUT2D eigenvalue weighted by Gasteiger charge is -2.28. The zero-order chi connectivity index (χ0) is 20.3. The molecule has 0 atom stereocenters. The van der Waals surface area contributed by atoms with Crippen LogP contribution in [0.1, 0.15) is 49.1 Å². The molecule has 0 aliphatic heterocycles. The molecule has 0 saturated carbocycles. The van der Waals surface area contributed by atoms with Crippen molar-refractivity contribution in [3.8, 4) is 0 Å². The minimum absolute atomic E-state index is 0.153. The Bertz CT molecular complexity index is 586. The number of carbonyl (C=O) groups excluding carboxylic acids is 2. The molecular formula is C18H32N4O4S. The Labute approximate surface area is 165 Å². The first-order chi connectivity index (χ1) is 12.8. The van der Waals surface area contributed by atoms with Crippen LogP contribution in [-0.2, 0) is 16.0 Å². The lowest BCUT2D eigenvalue weighted by Crippen LogP contribution is -2.48. The highest BCUT2D eigenvalue weighted by atomic mass is 32.1. The van der Waals surface area contributed by atoms with E-state index >= 15 is 0 Å². The van der Waals surface area contributed by atoms with E-state index < -0.39 is 0 Å². The highest BCUT2D eigenvalue weighted by molar-refractivity contribution is 7.09. The molecule has 0 aliphatic carbocycles. The number of aromatic nitrogens is 1. The number of urea groups is 1. The molecule has 1 rings (SSSR count). The lowest BCUT2D eigenvalue weighted by atomic mass is 10.1. The summed E-state index contributed by atoms with van der Waals surface area (Å²) in [7, 11) is 3.26. The summed E-state index contributed by atoms with van der Waals surface area (Å²) in [4.78, 5) is 30.8. The van der Waals surface area contributed by atoms with Crippen LogP contribution in [0, 0.1) is 0 Å². The predicted molar refractivity (Wildman–Crippen MR) is 106 cm³/mol. The zero-order valence-corrected chi connectivity index (χ0v) is 17.8. The van der Waals surface area contributed by atoms with Gasteiger partial charge in [-0.05, 0) is 33.6 Å². The van der Waals surface area contributed by atoms with Crippen LogP contribution in [0.3, 0.4) is 0 Å². The summed E-state index contributed by atoms with van der Waals surface area (Å²) in [6, 6.07) is -0.153. The zero-order valence-electron chi connectivity index (χ0n) is 17.0. The van der Waals surface area contributed by atoms with Gasteiger partial charge < -0.3 is 25.0 Å². The summed E-state index contributed by atoms with van der Waals surface area (Å²) in [5.41, 5.74) is 0.0488. The Morgan fingerprint density at radius 3 is 2.48 bits per heavy atom. The van der Waals surface area contributed by atoms with Crippen LogP contribution < -0.4 is 10.6 Å². The van der Waals surface area contributed by atoms with Crippen LogP contribution in [0.5, 0.6) is 0 Å². The van der Waals surface area contributed by atoms with Crippen LogP contribution in [0.2, 0.25) is 0 Å². The van der Waals surface area contributed by atoms with Gasteiger partial charge in [0.05, 0.1) is 6.54 Å². The quantitative estimate of drug-likeness (QED) is 0.556. The molecule has 3 amide bonds. The smallest absolute Gasteiger partial charge is 0.318 e. The van der Waals surface area contributed by atoms with Crippen molar-refractivity contribution in [2.75, 3.05) is 40.5 Å². The van der Waals surface area contributed by atoms with Gasteiger partial charge in [0.1, 0.15) is 10.7 Å². The Morgan fingerprint density at radius 1 is 1.19 bits per heavy atom. The average molecular weight is 401 g/mol. The highest BCUT2D eigenvalue weighted by Gasteiger charge is 2.21. The number of thiazole rings is 1. The van der Waals surface area contributed by atoms with Crippen LogP contribution in [0.25, 0.3) is 0 Å². The maximum atomic E-state index is 12.6. The van der Waals surface area contributed by atoms with Gasteiger partial charge in [-0.3, -0.25) is 4.79 Å². The number of carbonyl (C=O) groups is 2. The molecule has 0 fully saturated rings. The summed E-state index contributed by atoms with van der Waals surface area (Å²) < 4.78 is 10.0. The maximum Gasteiger partial charge on any atom is 0.318 e. The van der Waals surface area contributed by atoms with Crippen molar-refractivity contribution in [1.82, 2.24) is 20.5 Å². The van der Waals surface area contributed by atoms with E-state index in [2.05, 4.69) is 15.6 Å². The molecule has 9 heteroatoms. The number of rotatable bonds is 11. The van der Waals surface area contributed by atoms with Crippen molar-refractivity contribution in [3.63, 3.8) is 0 Å². The summed E-state index contributed by atoms with van der Waals surface area (Å²) in [6.07, 6.45) is 1.48. The molecule has 0 saturated heterocycles. The van der Waals surface area contributed by atoms with Gasteiger partial charge in [0.2, 0.25) is 0 Å². The number of nitrogens with zero attached hydrogens (tertiary/aromatic N) is 2. The van der Waals surface area contributed by atoms with Gasteiger partial charge in [-0.2, -0.15) is 0 Å². The van der Waals surface area contributed by atoms with E-state index in [1.165, 1.54) is 11.3 Å². The van der Waals surface area contributed by atoms with Crippen LogP contribution in [-0.4, -0.2) is 67.9 Å². The fourth-order valence-electron chi connectivity index (χ4n) is 2.21. The number of ether oxygens (including phenoxy) is 2. The first-order valence-corrected chi connectivity index (χ1v) is 9.92. The second-order valence-corrected chi connectivity index (χ2v) is 8.12. The van der Waals surface area contributed by atoms with Crippen molar-refractivity contribution in [1.29, 1.82) is 0 Å². The third-order valence-corrected chi connectivity index (χ3v) is 4.30. The van der Waals surface area contributed by atoms with Gasteiger partial charge in [0.15, 0.2) is 0 Å². The Hall–Kier alpha value is -1.71. The summed E-state index contributed by atoms with van der Waals surface area (Å²) in [6.45, 7) is 8.43. The van der Waals surface area contributed by atoms with Crippen molar-refractivity contribution >= 4 is 23.3 Å². The fourth-order valence-corrected chi connectivity index (χ4v) is 3.00. The number of hydrogen-bond acceptors (Lipinski definition) is 6. The largest absolute Gasteiger partial charge is 0.385 e. The van der Waals surface area contributed by atoms with Crippen molar-refractivity contribution < 1.29 is 19.1 Å². The van der Waals surface area contributed by atoms with Crippen LogP contribution in [0.4, 0.5) is 4.79 Å². The van der Waals surface area contributed by atoms with E-state index in [0.29, 0.717) is 38.5 Å². The van der Waals surface area contributed by atoms with E-state index in [4.69, 9.17) is 9.47 Å². The van der Waals surface area contributed by atoms with Gasteiger partial charge in [-0.1, -0.05) is 0 Å². The molecule has 1 aromatic heterocycles. The first-order valence-electron chi connectivity index (χ1n) is 9.04. The molecule has 2 N–H and O–H groups in total. The van der Waals surface area contributed by atoms with Gasteiger partial charge in [0.25, 0.3) is 5.91 Å². The Morgan fingerprint density at radius 2 is 1.85 bits per heavy atom. The molecule has 0 aromatic carbocycles. The minimum atomic E-state index is -0.327. The van der Waals surface area contributed by atoms with Crippen LogP contribution >= 0.6 is 11.3 Å². The highest BCUT2D eigenvalue weighted by Crippen LogP contribution is 2.14. The SMILES string of the molecule is COCCCNC(=O)c1csc(CN(CCCOC)C(=O)NC(C)(C)C)n1. The molecule has 0 radical (unpaired) electrons. The number of hydrogen-bond donors (Lipinski definition) is 2. The van der Waals surface area contributed by atoms with Gasteiger partial charge >= 0.3 is 6.03 Å². The molecule has 0 spiro atoms. The lowest BCUT2D eigenvalue weighted by molar-refractivity contribution is 0.0944. The molecule has 0 unspecified atom stereocenters. The second-order valence-electron chi connectivity index (χ2n) is 7.18. The van der Waals surface area contributed by atoms with Crippen molar-refractivity contribution in [2.45, 2.75) is 45.7 Å². The first kappa shape index (κ1) is 23.3. The van der Waals surface area contributed by atoms with Gasteiger partial charge in [0, 0.05) is 51.4 Å². The molecular weight excluding hydrogens is 368 g/mol. The summed E-state index contributed by atoms with van der Waals surface area (Å²) in [5.74, 6) is -0.210. The topological polar surface area (TPSA) is 92.8 Å². The maximum absolute atomic E-state index is 12.6. The molecule has 0 aliphatic rings. The standard InChI is InChI=1S/C18H32N4O4S/c1-18(2,3)21-17(24)22(9-7-11-26-5)12-15-20-14(13-27-15)16(23)19-8-6-10-25-4/h13H,6-12H2,1-5H3,(H,19,23)(H,21,24). The number of methoxy groups -OCH3 is 2. The van der Waals surface area contributed by atoms with Crippen molar-refractivity contribution in [2.24, 2.45) is 0 Å². The predicted octanol–water partition coefficient (Wildman–Crippen LogP) is 2.26. The monoisotopic (exact) mass is 400 g/mol. The average Bonchev–Trinajstić information content (AvgIpc) is 3.05. The summed E-state index contributed by atoms with van der Waals surface area (Å²) in [5, 5.41) is 8.22. The van der Waals surface area contributed by atoms with E-state index in [9.17, 15) is 9.59 Å². The molecule has 1 heterocycles. The molecule has 1 aromatic rings. The van der Waals surface area contributed by atoms with Gasteiger partial charge in [-0.25, -0.2) is 9.78 Å². The fraction of sp³-hybridized carbons (Fsp3) is 0.722. The Kier molecular flexibility index (Phi) is 10.3. The van der Waals surface area contributed by atoms with E-state index in [-0.39, 0.29) is 17.5 Å². The summed E-state index contributed by atoms with van der Waals surface area (Å²) >= 11 is 1.37. The Balaban J connectivity index is 2.67. The third kappa shape index (κ3) is 9.69. The van der Waals surface area contributed by atoms with E-state index in [1.54, 1.807) is 24.5 Å². The normalized spacial score (nSPS) is 11.3. The van der Waals surface area contributed by atoms with Crippen molar-refractivity contribution in [3.05, 3.63) is 16.1 Å². The van der Waals surface area contributed by atoms with Gasteiger partial charge in [-0.15, -0.1) is 11.3 Å². The second kappa shape index (κ2) is 11.9. The van der Waals surface area contributed by atoms with Crippen LogP contribution in [0.15, 0.2) is 5.38 Å². The minimum Gasteiger partial charge on any atom is -0.385 e. The number of nitrogens with one attached hydrogen (secondary N) is 2. The number of amides is 3. The third-order valence-electron chi connectivity index (χ3n) is 3.47. The molecule has 27 heavy (non-hydrogen) atoms. The van der Waals surface area contributed by atoms with E-state index in [0.717, 1.165) is 17.8 Å². The molecule has 154 valence electrons. The molecule has 0 bridgehead atoms. The molecule has 8 nitrogen and oxygen atoms in total. The van der Waals surface area contributed by atoms with E-state index in [1.807, 2.05) is 20.8 Å².